The van der Waals surface area contributed by atoms with Crippen LogP contribution in [0.25, 0.3) is 0 Å². The summed E-state index contributed by atoms with van der Waals surface area (Å²) in [6, 6.07) is 0.314. The topological polar surface area (TPSA) is 51.1 Å². The fourth-order valence-electron chi connectivity index (χ4n) is 2.10. The van der Waals surface area contributed by atoms with E-state index in [-0.39, 0.29) is 5.28 Å². The second-order valence-corrected chi connectivity index (χ2v) is 4.71. The lowest BCUT2D eigenvalue weighted by molar-refractivity contribution is 0.311. The number of aromatic nitrogens is 3. The average molecular weight is 271 g/mol. The molecule has 0 spiro atoms. The van der Waals surface area contributed by atoms with Crippen LogP contribution in [-0.2, 0) is 0 Å². The number of hydrogen-bond donors (Lipinski definition) is 0. The van der Waals surface area contributed by atoms with Crippen LogP contribution in [0.5, 0.6) is 6.01 Å². The highest BCUT2D eigenvalue weighted by Crippen LogP contribution is 2.18. The molecule has 18 heavy (non-hydrogen) atoms. The van der Waals surface area contributed by atoms with Crippen molar-refractivity contribution in [1.29, 1.82) is 0 Å². The molecule has 0 amide bonds. The van der Waals surface area contributed by atoms with E-state index in [9.17, 15) is 0 Å². The van der Waals surface area contributed by atoms with Crippen LogP contribution in [0.3, 0.4) is 0 Å². The molecule has 2 rings (SSSR count). The summed E-state index contributed by atoms with van der Waals surface area (Å²) in [5.74, 6) is 0.639. The van der Waals surface area contributed by atoms with Crippen LogP contribution in [-0.4, -0.2) is 34.6 Å². The molecular weight excluding hydrogens is 252 g/mol. The van der Waals surface area contributed by atoms with Gasteiger partial charge < -0.3 is 9.64 Å². The summed E-state index contributed by atoms with van der Waals surface area (Å²) in [5, 5.41) is 0.200. The molecule has 6 heteroatoms. The highest BCUT2D eigenvalue weighted by Gasteiger charge is 2.14. The highest BCUT2D eigenvalue weighted by molar-refractivity contribution is 6.28. The maximum absolute atomic E-state index is 5.91. The number of anilines is 1. The van der Waals surface area contributed by atoms with Gasteiger partial charge in [-0.05, 0) is 31.4 Å². The third-order valence-corrected chi connectivity index (χ3v) is 3.16. The van der Waals surface area contributed by atoms with E-state index in [1.807, 2.05) is 6.92 Å². The summed E-state index contributed by atoms with van der Waals surface area (Å²) in [7, 11) is 0. The molecule has 0 bridgehead atoms. The first-order chi connectivity index (χ1) is 8.79. The van der Waals surface area contributed by atoms with Crippen molar-refractivity contribution in [2.24, 2.45) is 0 Å². The Morgan fingerprint density at radius 3 is 2.39 bits per heavy atom. The molecule has 0 radical (unpaired) electrons. The molecule has 0 aliphatic carbocycles. The summed E-state index contributed by atoms with van der Waals surface area (Å²) in [6.45, 7) is 4.38. The summed E-state index contributed by atoms with van der Waals surface area (Å²) >= 11 is 5.91. The van der Waals surface area contributed by atoms with Crippen molar-refractivity contribution >= 4 is 17.5 Å². The third kappa shape index (κ3) is 3.70. The lowest BCUT2D eigenvalue weighted by Crippen LogP contribution is -2.29. The van der Waals surface area contributed by atoms with Gasteiger partial charge in [-0.1, -0.05) is 19.3 Å². The van der Waals surface area contributed by atoms with Crippen molar-refractivity contribution in [2.45, 2.75) is 39.0 Å². The quantitative estimate of drug-likeness (QED) is 0.845. The second kappa shape index (κ2) is 6.73. The predicted molar refractivity (Wildman–Crippen MR) is 71.3 cm³/mol. The van der Waals surface area contributed by atoms with Crippen molar-refractivity contribution < 1.29 is 4.74 Å². The fraction of sp³-hybridized carbons (Fsp3) is 0.750. The van der Waals surface area contributed by atoms with E-state index in [0.29, 0.717) is 18.6 Å². The zero-order valence-corrected chi connectivity index (χ0v) is 11.5. The first-order valence-electron chi connectivity index (χ1n) is 6.59. The van der Waals surface area contributed by atoms with E-state index in [0.717, 1.165) is 13.1 Å². The summed E-state index contributed by atoms with van der Waals surface area (Å²) in [4.78, 5) is 14.6. The smallest absolute Gasteiger partial charge is 0.322 e. The van der Waals surface area contributed by atoms with Gasteiger partial charge in [-0.2, -0.15) is 15.0 Å². The van der Waals surface area contributed by atoms with Gasteiger partial charge in [0.15, 0.2) is 0 Å². The molecule has 1 saturated heterocycles. The lowest BCUT2D eigenvalue weighted by atomic mass is 10.1. The standard InChI is InChI=1S/C12H19ClN4O/c1-2-18-12-15-10(13)14-11(16-12)17-8-6-4-3-5-7-9-17/h2-9H2,1H3. The van der Waals surface area contributed by atoms with Gasteiger partial charge >= 0.3 is 6.01 Å². The van der Waals surface area contributed by atoms with Crippen molar-refractivity contribution in [1.82, 2.24) is 15.0 Å². The molecular formula is C12H19ClN4O. The lowest BCUT2D eigenvalue weighted by Gasteiger charge is -2.24. The summed E-state index contributed by atoms with van der Waals surface area (Å²) in [6.07, 6.45) is 6.22. The third-order valence-electron chi connectivity index (χ3n) is 2.99. The molecule has 0 unspecified atom stereocenters. The second-order valence-electron chi connectivity index (χ2n) is 4.37. The summed E-state index contributed by atoms with van der Waals surface area (Å²) in [5.41, 5.74) is 0. The largest absolute Gasteiger partial charge is 0.464 e. The number of rotatable bonds is 3. The van der Waals surface area contributed by atoms with Gasteiger partial charge in [0.2, 0.25) is 11.2 Å². The molecule has 1 aliphatic rings. The molecule has 0 N–H and O–H groups in total. The van der Waals surface area contributed by atoms with Gasteiger partial charge in [0, 0.05) is 13.1 Å². The SMILES string of the molecule is CCOc1nc(Cl)nc(N2CCCCCCC2)n1. The molecule has 0 aromatic carbocycles. The first-order valence-corrected chi connectivity index (χ1v) is 6.96. The Labute approximate surface area is 113 Å². The van der Waals surface area contributed by atoms with E-state index in [4.69, 9.17) is 16.3 Å². The first kappa shape index (κ1) is 13.3. The van der Waals surface area contributed by atoms with E-state index in [1.165, 1.54) is 32.1 Å². The minimum atomic E-state index is 0.200. The van der Waals surface area contributed by atoms with Gasteiger partial charge in [0.05, 0.1) is 6.61 Å². The Morgan fingerprint density at radius 1 is 1.06 bits per heavy atom. The molecule has 2 heterocycles. The zero-order chi connectivity index (χ0) is 12.8. The van der Waals surface area contributed by atoms with Crippen LogP contribution in [0.15, 0.2) is 0 Å². The molecule has 0 saturated carbocycles. The van der Waals surface area contributed by atoms with Gasteiger partial charge in [0.1, 0.15) is 0 Å². The molecule has 1 fully saturated rings. The Morgan fingerprint density at radius 2 is 1.72 bits per heavy atom. The van der Waals surface area contributed by atoms with Gasteiger partial charge in [-0.3, -0.25) is 0 Å². The Kier molecular flexibility index (Phi) is 4.99. The number of ether oxygens (including phenoxy) is 1. The maximum atomic E-state index is 5.91. The van der Waals surface area contributed by atoms with Crippen LogP contribution >= 0.6 is 11.6 Å². The normalized spacial score (nSPS) is 17.1. The van der Waals surface area contributed by atoms with Crippen molar-refractivity contribution in [3.63, 3.8) is 0 Å². The van der Waals surface area contributed by atoms with E-state index >= 15 is 0 Å². The fourth-order valence-corrected chi connectivity index (χ4v) is 2.25. The number of hydrogen-bond acceptors (Lipinski definition) is 5. The number of halogens is 1. The zero-order valence-electron chi connectivity index (χ0n) is 10.7. The van der Waals surface area contributed by atoms with E-state index < -0.39 is 0 Å². The molecule has 1 aromatic heterocycles. The Bertz CT molecular complexity index is 380. The molecule has 5 nitrogen and oxygen atoms in total. The highest BCUT2D eigenvalue weighted by atomic mass is 35.5. The van der Waals surface area contributed by atoms with E-state index in [1.54, 1.807) is 0 Å². The van der Waals surface area contributed by atoms with Gasteiger partial charge in [0.25, 0.3) is 0 Å². The summed E-state index contributed by atoms with van der Waals surface area (Å²) < 4.78 is 5.30. The predicted octanol–water partition coefficient (Wildman–Crippen LogP) is 2.69. The van der Waals surface area contributed by atoms with Crippen LogP contribution in [0.1, 0.15) is 39.0 Å². The molecule has 100 valence electrons. The van der Waals surface area contributed by atoms with Crippen molar-refractivity contribution in [3.05, 3.63) is 5.28 Å². The van der Waals surface area contributed by atoms with E-state index in [2.05, 4.69) is 19.9 Å². The average Bonchev–Trinajstić information content (AvgIpc) is 2.27. The van der Waals surface area contributed by atoms with Crippen LogP contribution in [0.4, 0.5) is 5.95 Å². The van der Waals surface area contributed by atoms with Crippen LogP contribution < -0.4 is 9.64 Å². The van der Waals surface area contributed by atoms with Crippen LogP contribution in [0.2, 0.25) is 5.28 Å². The molecule has 1 aliphatic heterocycles. The Hall–Kier alpha value is -1.10. The Balaban J connectivity index is 2.14. The number of nitrogens with zero attached hydrogens (tertiary/aromatic N) is 4. The molecule has 0 atom stereocenters. The van der Waals surface area contributed by atoms with Crippen molar-refractivity contribution in [2.75, 3.05) is 24.6 Å². The van der Waals surface area contributed by atoms with Crippen molar-refractivity contribution in [3.8, 4) is 6.01 Å². The monoisotopic (exact) mass is 270 g/mol. The van der Waals surface area contributed by atoms with Gasteiger partial charge in [-0.15, -0.1) is 0 Å². The molecule has 1 aromatic rings. The van der Waals surface area contributed by atoms with Gasteiger partial charge in [-0.25, -0.2) is 0 Å². The minimum Gasteiger partial charge on any atom is -0.464 e. The maximum Gasteiger partial charge on any atom is 0.322 e. The minimum absolute atomic E-state index is 0.200. The van der Waals surface area contributed by atoms with Crippen LogP contribution in [0, 0.1) is 0 Å².